The number of carbonyl (C=O) groups is 1. The smallest absolute Gasteiger partial charge is 0.311 e. The molecule has 0 aromatic heterocycles. The molecule has 1 saturated heterocycles. The number of aliphatic hydroxyl groups is 2. The molecular weight excluding hydrogens is 148 g/mol. The molecule has 4 heteroatoms. The van der Waals surface area contributed by atoms with E-state index in [1.54, 1.807) is 6.92 Å². The molecule has 11 heavy (non-hydrogen) atoms. The first-order chi connectivity index (χ1) is 5.04. The van der Waals surface area contributed by atoms with Gasteiger partial charge in [-0.15, -0.1) is 0 Å². The number of rotatable bonds is 1. The Hall–Kier alpha value is -0.610. The van der Waals surface area contributed by atoms with Gasteiger partial charge < -0.3 is 14.9 Å². The van der Waals surface area contributed by atoms with Gasteiger partial charge in [-0.2, -0.15) is 0 Å². The topological polar surface area (TPSA) is 66.8 Å². The van der Waals surface area contributed by atoms with Gasteiger partial charge in [0.15, 0.2) is 6.10 Å². The first kappa shape index (κ1) is 8.49. The highest BCUT2D eigenvalue weighted by Gasteiger charge is 2.42. The zero-order valence-corrected chi connectivity index (χ0v) is 6.52. The second-order valence-corrected chi connectivity index (χ2v) is 2.92. The molecule has 4 nitrogen and oxygen atoms in total. The molecule has 0 radical (unpaired) electrons. The summed E-state index contributed by atoms with van der Waals surface area (Å²) in [4.78, 5) is 10.8. The van der Waals surface area contributed by atoms with Crippen molar-refractivity contribution in [2.45, 2.75) is 32.2 Å². The SMILES string of the molecule is C[C@H](O)[C@H]1OC(=O)[C@@H](C)[C@@H]1O. The van der Waals surface area contributed by atoms with E-state index >= 15 is 0 Å². The van der Waals surface area contributed by atoms with Crippen molar-refractivity contribution in [3.63, 3.8) is 0 Å². The molecule has 1 rings (SSSR count). The first-order valence-corrected chi connectivity index (χ1v) is 3.60. The van der Waals surface area contributed by atoms with E-state index in [4.69, 9.17) is 9.84 Å². The van der Waals surface area contributed by atoms with Crippen LogP contribution in [0.25, 0.3) is 0 Å². The van der Waals surface area contributed by atoms with E-state index in [0.717, 1.165) is 0 Å². The maximum absolute atomic E-state index is 10.8. The summed E-state index contributed by atoms with van der Waals surface area (Å²) in [5.74, 6) is -0.960. The molecule has 4 atom stereocenters. The number of hydrogen-bond donors (Lipinski definition) is 2. The van der Waals surface area contributed by atoms with Crippen molar-refractivity contribution in [3.8, 4) is 0 Å². The predicted octanol–water partition coefficient (Wildman–Crippen LogP) is -0.710. The molecule has 1 aliphatic rings. The number of aliphatic hydroxyl groups excluding tert-OH is 2. The van der Waals surface area contributed by atoms with E-state index in [2.05, 4.69) is 0 Å². The largest absolute Gasteiger partial charge is 0.457 e. The van der Waals surface area contributed by atoms with Crippen LogP contribution in [0.2, 0.25) is 0 Å². The molecule has 2 N–H and O–H groups in total. The van der Waals surface area contributed by atoms with Gasteiger partial charge >= 0.3 is 5.97 Å². The predicted molar refractivity (Wildman–Crippen MR) is 36.7 cm³/mol. The van der Waals surface area contributed by atoms with E-state index in [0.29, 0.717) is 0 Å². The minimum Gasteiger partial charge on any atom is -0.457 e. The van der Waals surface area contributed by atoms with E-state index in [1.165, 1.54) is 6.92 Å². The normalized spacial score (nSPS) is 40.4. The van der Waals surface area contributed by atoms with Crippen LogP contribution in [-0.4, -0.2) is 34.5 Å². The lowest BCUT2D eigenvalue weighted by molar-refractivity contribution is -0.147. The Bertz CT molecular complexity index is 166. The molecule has 64 valence electrons. The molecule has 0 aromatic rings. The van der Waals surface area contributed by atoms with E-state index in [1.807, 2.05) is 0 Å². The van der Waals surface area contributed by atoms with Gasteiger partial charge in [0.05, 0.1) is 12.0 Å². The van der Waals surface area contributed by atoms with Gasteiger partial charge in [-0.25, -0.2) is 0 Å². The minimum absolute atomic E-state index is 0.441. The Labute approximate surface area is 64.8 Å². The second-order valence-electron chi connectivity index (χ2n) is 2.92. The van der Waals surface area contributed by atoms with Crippen molar-refractivity contribution in [1.29, 1.82) is 0 Å². The molecule has 0 aliphatic carbocycles. The third-order valence-corrected chi connectivity index (χ3v) is 1.95. The average molecular weight is 160 g/mol. The summed E-state index contributed by atoms with van der Waals surface area (Å²) in [7, 11) is 0. The third-order valence-electron chi connectivity index (χ3n) is 1.95. The summed E-state index contributed by atoms with van der Waals surface area (Å²) in [6.07, 6.45) is -2.43. The maximum atomic E-state index is 10.8. The van der Waals surface area contributed by atoms with Gasteiger partial charge in [0.1, 0.15) is 6.10 Å². The molecule has 1 fully saturated rings. The van der Waals surface area contributed by atoms with Gasteiger partial charge in [0.2, 0.25) is 0 Å². The fourth-order valence-corrected chi connectivity index (χ4v) is 1.12. The Morgan fingerprint density at radius 1 is 1.64 bits per heavy atom. The van der Waals surface area contributed by atoms with E-state index < -0.39 is 30.2 Å². The standard InChI is InChI=1S/C7H12O4/c1-3-5(9)6(4(2)8)11-7(3)10/h3-6,8-9H,1-2H3/t3-,4-,5-,6+/m0/s1. The van der Waals surface area contributed by atoms with Crippen LogP contribution in [0.3, 0.4) is 0 Å². The van der Waals surface area contributed by atoms with Crippen LogP contribution in [-0.2, 0) is 9.53 Å². The van der Waals surface area contributed by atoms with Crippen LogP contribution < -0.4 is 0 Å². The lowest BCUT2D eigenvalue weighted by Crippen LogP contribution is -2.34. The van der Waals surface area contributed by atoms with Crippen molar-refractivity contribution in [2.75, 3.05) is 0 Å². The Morgan fingerprint density at radius 2 is 2.18 bits per heavy atom. The number of ether oxygens (including phenoxy) is 1. The van der Waals surface area contributed by atoms with Crippen LogP contribution in [0.15, 0.2) is 0 Å². The summed E-state index contributed by atoms with van der Waals surface area (Å²) in [6.45, 7) is 3.06. The first-order valence-electron chi connectivity index (χ1n) is 3.60. The third kappa shape index (κ3) is 1.36. The van der Waals surface area contributed by atoms with Crippen LogP contribution in [0.1, 0.15) is 13.8 Å². The summed E-state index contributed by atoms with van der Waals surface area (Å²) in [5, 5.41) is 18.3. The van der Waals surface area contributed by atoms with Crippen LogP contribution in [0.4, 0.5) is 0 Å². The second kappa shape index (κ2) is 2.79. The highest BCUT2D eigenvalue weighted by atomic mass is 16.6. The molecule has 0 amide bonds. The number of carbonyl (C=O) groups excluding carboxylic acids is 1. The zero-order valence-electron chi connectivity index (χ0n) is 6.52. The minimum atomic E-state index is -0.873. The summed E-state index contributed by atoms with van der Waals surface area (Å²) in [5.41, 5.74) is 0. The molecule has 0 bridgehead atoms. The van der Waals surface area contributed by atoms with Crippen molar-refractivity contribution in [1.82, 2.24) is 0 Å². The Balaban J connectivity index is 2.67. The Kier molecular flexibility index (Phi) is 2.15. The maximum Gasteiger partial charge on any atom is 0.311 e. The Morgan fingerprint density at radius 3 is 2.36 bits per heavy atom. The molecule has 0 aromatic carbocycles. The fourth-order valence-electron chi connectivity index (χ4n) is 1.12. The van der Waals surface area contributed by atoms with Gasteiger partial charge in [0.25, 0.3) is 0 Å². The molecule has 1 heterocycles. The lowest BCUT2D eigenvalue weighted by atomic mass is 10.0. The summed E-state index contributed by atoms with van der Waals surface area (Å²) >= 11 is 0. The van der Waals surface area contributed by atoms with Crippen LogP contribution in [0, 0.1) is 5.92 Å². The van der Waals surface area contributed by atoms with Crippen molar-refractivity contribution >= 4 is 5.97 Å². The molecule has 0 unspecified atom stereocenters. The highest BCUT2D eigenvalue weighted by molar-refractivity contribution is 5.75. The molecule has 1 aliphatic heterocycles. The van der Waals surface area contributed by atoms with Gasteiger partial charge in [-0.1, -0.05) is 0 Å². The van der Waals surface area contributed by atoms with Gasteiger partial charge in [-0.05, 0) is 13.8 Å². The van der Waals surface area contributed by atoms with Gasteiger partial charge in [0, 0.05) is 0 Å². The number of cyclic esters (lactones) is 1. The zero-order chi connectivity index (χ0) is 8.59. The molecule has 0 saturated carbocycles. The average Bonchev–Trinajstić information content (AvgIpc) is 2.17. The fraction of sp³-hybridized carbons (Fsp3) is 0.857. The number of esters is 1. The van der Waals surface area contributed by atoms with E-state index in [-0.39, 0.29) is 0 Å². The quantitative estimate of drug-likeness (QED) is 0.497. The van der Waals surface area contributed by atoms with Gasteiger partial charge in [-0.3, -0.25) is 4.79 Å². The van der Waals surface area contributed by atoms with Crippen LogP contribution >= 0.6 is 0 Å². The summed E-state index contributed by atoms with van der Waals surface area (Å²) in [6, 6.07) is 0. The highest BCUT2D eigenvalue weighted by Crippen LogP contribution is 2.23. The van der Waals surface area contributed by atoms with E-state index in [9.17, 15) is 9.90 Å². The lowest BCUT2D eigenvalue weighted by Gasteiger charge is -2.15. The van der Waals surface area contributed by atoms with Crippen LogP contribution in [0.5, 0.6) is 0 Å². The molecule has 0 spiro atoms. The number of hydrogen-bond acceptors (Lipinski definition) is 4. The van der Waals surface area contributed by atoms with Crippen molar-refractivity contribution in [3.05, 3.63) is 0 Å². The monoisotopic (exact) mass is 160 g/mol. The molecular formula is C7H12O4. The van der Waals surface area contributed by atoms with Crippen molar-refractivity contribution in [2.24, 2.45) is 5.92 Å². The summed E-state index contributed by atoms with van der Waals surface area (Å²) < 4.78 is 4.71. The van der Waals surface area contributed by atoms with Crippen molar-refractivity contribution < 1.29 is 19.7 Å².